The summed E-state index contributed by atoms with van der Waals surface area (Å²) in [6.45, 7) is 1.28. The molecule has 0 spiro atoms. The number of esters is 1. The minimum atomic E-state index is -1.01. The number of aromatic nitrogens is 1. The summed E-state index contributed by atoms with van der Waals surface area (Å²) in [5.74, 6) is -2.09. The Kier molecular flexibility index (Phi) is 7.49. The number of nitrogens with one attached hydrogen (secondary N) is 2. The summed E-state index contributed by atoms with van der Waals surface area (Å²) in [5, 5.41) is 6.15. The first-order valence-corrected chi connectivity index (χ1v) is 10.1. The van der Waals surface area contributed by atoms with Crippen LogP contribution in [0.15, 0.2) is 60.7 Å². The smallest absolute Gasteiger partial charge is 0.328 e. The van der Waals surface area contributed by atoms with Crippen molar-refractivity contribution in [3.05, 3.63) is 77.7 Å². The van der Waals surface area contributed by atoms with Crippen LogP contribution in [0.1, 0.15) is 18.2 Å². The van der Waals surface area contributed by atoms with Crippen LogP contribution in [0, 0.1) is 5.82 Å². The highest BCUT2D eigenvalue weighted by molar-refractivity contribution is 5.90. The average Bonchev–Trinajstić information content (AvgIpc) is 2.77. The van der Waals surface area contributed by atoms with Crippen LogP contribution in [0.3, 0.4) is 0 Å². The Labute approximate surface area is 185 Å². The third kappa shape index (κ3) is 6.10. The van der Waals surface area contributed by atoms with Gasteiger partial charge in [-0.25, -0.2) is 9.18 Å². The maximum atomic E-state index is 13.5. The summed E-state index contributed by atoms with van der Waals surface area (Å²) in [6, 6.07) is 15.0. The number of pyridine rings is 1. The SMILES string of the molecule is COC(=O)[C@@H](Cc1ccc2ccccc2n1)NC(=O)[C@H](Cc1cccc(F)c1)NC(C)=O. The Morgan fingerprint density at radius 2 is 1.75 bits per heavy atom. The molecule has 8 heteroatoms. The van der Waals surface area contributed by atoms with Crippen molar-refractivity contribution >= 4 is 28.7 Å². The summed E-state index contributed by atoms with van der Waals surface area (Å²) in [4.78, 5) is 41.5. The fourth-order valence-corrected chi connectivity index (χ4v) is 3.39. The van der Waals surface area contributed by atoms with Crippen molar-refractivity contribution in [2.24, 2.45) is 0 Å². The predicted molar refractivity (Wildman–Crippen MR) is 117 cm³/mol. The number of hydrogen-bond donors (Lipinski definition) is 2. The number of methoxy groups -OCH3 is 1. The Morgan fingerprint density at radius 1 is 0.969 bits per heavy atom. The number of hydrogen-bond acceptors (Lipinski definition) is 5. The number of carbonyl (C=O) groups is 3. The Bertz CT molecular complexity index is 1130. The molecular formula is C24H24FN3O4. The van der Waals surface area contributed by atoms with Gasteiger partial charge in [-0.1, -0.05) is 36.4 Å². The molecule has 2 aromatic carbocycles. The first kappa shape index (κ1) is 22.9. The first-order chi connectivity index (χ1) is 15.4. The molecular weight excluding hydrogens is 413 g/mol. The molecule has 7 nitrogen and oxygen atoms in total. The molecule has 0 saturated heterocycles. The molecule has 0 bridgehead atoms. The molecule has 0 aliphatic rings. The molecule has 2 amide bonds. The lowest BCUT2D eigenvalue weighted by molar-refractivity contribution is -0.145. The van der Waals surface area contributed by atoms with E-state index in [-0.39, 0.29) is 12.8 Å². The summed E-state index contributed by atoms with van der Waals surface area (Å²) < 4.78 is 18.4. The fraction of sp³-hybridized carbons (Fsp3) is 0.250. The number of amides is 2. The number of ether oxygens (including phenoxy) is 1. The molecule has 0 aliphatic heterocycles. The van der Waals surface area contributed by atoms with Crippen LogP contribution in [-0.2, 0) is 32.0 Å². The number of halogens is 1. The summed E-state index contributed by atoms with van der Waals surface area (Å²) in [5.41, 5.74) is 1.90. The quantitative estimate of drug-likeness (QED) is 0.527. The number of fused-ring (bicyclic) bond motifs is 1. The highest BCUT2D eigenvalue weighted by atomic mass is 19.1. The molecule has 2 atom stereocenters. The van der Waals surface area contributed by atoms with Crippen LogP contribution in [0.4, 0.5) is 4.39 Å². The molecule has 1 heterocycles. The van der Waals surface area contributed by atoms with E-state index in [1.165, 1.54) is 32.2 Å². The lowest BCUT2D eigenvalue weighted by Crippen LogP contribution is -2.53. The van der Waals surface area contributed by atoms with Gasteiger partial charge in [0.05, 0.1) is 12.6 Å². The third-order valence-electron chi connectivity index (χ3n) is 4.89. The summed E-state index contributed by atoms with van der Waals surface area (Å²) in [6.07, 6.45) is 0.168. The minimum Gasteiger partial charge on any atom is -0.467 e. The second kappa shape index (κ2) is 10.5. The molecule has 166 valence electrons. The molecule has 1 aromatic heterocycles. The zero-order chi connectivity index (χ0) is 23.1. The monoisotopic (exact) mass is 437 g/mol. The van der Waals surface area contributed by atoms with Crippen LogP contribution < -0.4 is 10.6 Å². The van der Waals surface area contributed by atoms with E-state index in [0.717, 1.165) is 10.9 Å². The van der Waals surface area contributed by atoms with Crippen LogP contribution in [0.25, 0.3) is 10.9 Å². The number of carbonyl (C=O) groups excluding carboxylic acids is 3. The first-order valence-electron chi connectivity index (χ1n) is 10.1. The van der Waals surface area contributed by atoms with Gasteiger partial charge in [-0.2, -0.15) is 0 Å². The number of nitrogens with zero attached hydrogens (tertiary/aromatic N) is 1. The van der Waals surface area contributed by atoms with Gasteiger partial charge >= 0.3 is 5.97 Å². The average molecular weight is 437 g/mol. The Morgan fingerprint density at radius 3 is 2.47 bits per heavy atom. The molecule has 3 rings (SSSR count). The molecule has 2 N–H and O–H groups in total. The van der Waals surface area contributed by atoms with Gasteiger partial charge in [0.15, 0.2) is 0 Å². The van der Waals surface area contributed by atoms with E-state index >= 15 is 0 Å². The van der Waals surface area contributed by atoms with Crippen molar-refractivity contribution < 1.29 is 23.5 Å². The normalized spacial score (nSPS) is 12.6. The molecule has 32 heavy (non-hydrogen) atoms. The minimum absolute atomic E-state index is 0.0608. The number of para-hydroxylation sites is 1. The Hall–Kier alpha value is -3.81. The summed E-state index contributed by atoms with van der Waals surface area (Å²) >= 11 is 0. The maximum absolute atomic E-state index is 13.5. The van der Waals surface area contributed by atoms with Crippen LogP contribution >= 0.6 is 0 Å². The van der Waals surface area contributed by atoms with E-state index < -0.39 is 35.7 Å². The van der Waals surface area contributed by atoms with Crippen molar-refractivity contribution in [2.45, 2.75) is 31.8 Å². The van der Waals surface area contributed by atoms with Gasteiger partial charge in [0.2, 0.25) is 11.8 Å². The lowest BCUT2D eigenvalue weighted by Gasteiger charge is -2.22. The van der Waals surface area contributed by atoms with Crippen LogP contribution in [-0.4, -0.2) is 42.0 Å². The predicted octanol–water partition coefficient (Wildman–Crippen LogP) is 2.32. The van der Waals surface area contributed by atoms with Crippen molar-refractivity contribution in [3.8, 4) is 0 Å². The second-order valence-corrected chi connectivity index (χ2v) is 7.37. The largest absolute Gasteiger partial charge is 0.467 e. The molecule has 3 aromatic rings. The number of rotatable bonds is 8. The maximum Gasteiger partial charge on any atom is 0.328 e. The van der Waals surface area contributed by atoms with Gasteiger partial charge in [-0.15, -0.1) is 0 Å². The zero-order valence-electron chi connectivity index (χ0n) is 17.8. The standard InChI is InChI=1S/C24H24FN3O4/c1-15(29)26-21(13-16-6-5-8-18(25)12-16)23(30)28-22(24(31)32-2)14-19-11-10-17-7-3-4-9-20(17)27-19/h3-12,21-22H,13-14H2,1-2H3,(H,26,29)(H,28,30)/t21-,22+/m0/s1. The van der Waals surface area contributed by atoms with E-state index in [0.29, 0.717) is 11.3 Å². The van der Waals surface area contributed by atoms with Gasteiger partial charge in [-0.05, 0) is 29.8 Å². The van der Waals surface area contributed by atoms with Crippen molar-refractivity contribution in [1.82, 2.24) is 15.6 Å². The highest BCUT2D eigenvalue weighted by Gasteiger charge is 2.27. The van der Waals surface area contributed by atoms with E-state index in [9.17, 15) is 18.8 Å². The lowest BCUT2D eigenvalue weighted by atomic mass is 10.0. The van der Waals surface area contributed by atoms with Crippen molar-refractivity contribution in [3.63, 3.8) is 0 Å². The van der Waals surface area contributed by atoms with E-state index in [1.54, 1.807) is 12.1 Å². The second-order valence-electron chi connectivity index (χ2n) is 7.37. The molecule has 0 fully saturated rings. The van der Waals surface area contributed by atoms with Gasteiger partial charge in [0.1, 0.15) is 17.9 Å². The van der Waals surface area contributed by atoms with E-state index in [2.05, 4.69) is 15.6 Å². The molecule has 0 aliphatic carbocycles. The van der Waals surface area contributed by atoms with Crippen LogP contribution in [0.2, 0.25) is 0 Å². The van der Waals surface area contributed by atoms with E-state index in [1.807, 2.05) is 30.3 Å². The topological polar surface area (TPSA) is 97.4 Å². The van der Waals surface area contributed by atoms with E-state index in [4.69, 9.17) is 4.74 Å². The van der Waals surface area contributed by atoms with Gasteiger partial charge in [-0.3, -0.25) is 14.6 Å². The highest BCUT2D eigenvalue weighted by Crippen LogP contribution is 2.14. The third-order valence-corrected chi connectivity index (χ3v) is 4.89. The molecule has 0 saturated carbocycles. The Balaban J connectivity index is 1.78. The molecule has 0 radical (unpaired) electrons. The van der Waals surface area contributed by atoms with Gasteiger partial charge in [0, 0.05) is 30.8 Å². The number of benzene rings is 2. The van der Waals surface area contributed by atoms with Crippen LogP contribution in [0.5, 0.6) is 0 Å². The van der Waals surface area contributed by atoms with Gasteiger partial charge < -0.3 is 15.4 Å². The molecule has 0 unspecified atom stereocenters. The zero-order valence-corrected chi connectivity index (χ0v) is 17.8. The van der Waals surface area contributed by atoms with Gasteiger partial charge in [0.25, 0.3) is 0 Å². The fourth-order valence-electron chi connectivity index (χ4n) is 3.39. The van der Waals surface area contributed by atoms with Crippen molar-refractivity contribution in [2.75, 3.05) is 7.11 Å². The summed E-state index contributed by atoms with van der Waals surface area (Å²) in [7, 11) is 1.23. The van der Waals surface area contributed by atoms with Crippen molar-refractivity contribution in [1.29, 1.82) is 0 Å².